The van der Waals surface area contributed by atoms with Gasteiger partial charge in [0.25, 0.3) is 0 Å². The molecule has 8 heteroatoms. The van der Waals surface area contributed by atoms with Crippen molar-refractivity contribution < 1.29 is 22.4 Å². The van der Waals surface area contributed by atoms with E-state index in [1.165, 1.54) is 0 Å². The van der Waals surface area contributed by atoms with E-state index in [1.807, 2.05) is 0 Å². The van der Waals surface area contributed by atoms with Crippen LogP contribution >= 0.6 is 0 Å². The fourth-order valence-electron chi connectivity index (χ4n) is 2.24. The molecule has 1 atom stereocenters. The van der Waals surface area contributed by atoms with Gasteiger partial charge in [-0.3, -0.25) is 0 Å². The molecule has 0 bridgehead atoms. The van der Waals surface area contributed by atoms with Crippen LogP contribution in [0.1, 0.15) is 33.1 Å². The van der Waals surface area contributed by atoms with Gasteiger partial charge in [-0.05, 0) is 64.6 Å². The molecule has 0 fully saturated rings. The summed E-state index contributed by atoms with van der Waals surface area (Å²) in [5, 5.41) is 0. The number of ether oxygens (including phenoxy) is 1. The van der Waals surface area contributed by atoms with Gasteiger partial charge in [0.05, 0.1) is 19.3 Å². The van der Waals surface area contributed by atoms with Crippen LogP contribution in [0.5, 0.6) is 0 Å². The Morgan fingerprint density at radius 3 is 1.81 bits per heavy atom. The first kappa shape index (κ1) is 26.5. The Bertz CT molecular complexity index is 324. The van der Waals surface area contributed by atoms with Crippen LogP contribution in [-0.2, 0) is 22.4 Å². The summed E-state index contributed by atoms with van der Waals surface area (Å²) in [7, 11) is -4.68. The summed E-state index contributed by atoms with van der Waals surface area (Å²) in [6.45, 7) is 21.1. The molecule has 0 heterocycles. The number of hydrogen-bond acceptors (Lipinski definition) is 5. The Hall–Kier alpha value is 0.451. The lowest BCUT2D eigenvalue weighted by Crippen LogP contribution is -2.40. The minimum absolute atomic E-state index is 0.0362. The zero-order valence-corrected chi connectivity index (χ0v) is 21.7. The van der Waals surface area contributed by atoms with E-state index in [9.17, 15) is 0 Å². The van der Waals surface area contributed by atoms with Crippen molar-refractivity contribution in [1.29, 1.82) is 0 Å². The molecule has 158 valence electrons. The number of rotatable bonds is 17. The SMILES string of the molecule is CCCO[SiH](CCCOCC(CO[Si](C)(C)C)O[Si](C)(C)C)OCCC. The Morgan fingerprint density at radius 1 is 0.769 bits per heavy atom. The Morgan fingerprint density at radius 2 is 1.35 bits per heavy atom. The second-order valence-corrected chi connectivity index (χ2v) is 19.7. The second-order valence-electron chi connectivity index (χ2n) is 8.66. The lowest BCUT2D eigenvalue weighted by atomic mass is 10.4. The largest absolute Gasteiger partial charge is 0.415 e. The van der Waals surface area contributed by atoms with Gasteiger partial charge in [0.2, 0.25) is 0 Å². The first-order valence-corrected chi connectivity index (χ1v) is 18.8. The zero-order chi connectivity index (χ0) is 20.1. The summed E-state index contributed by atoms with van der Waals surface area (Å²) < 4.78 is 30.0. The average molecular weight is 425 g/mol. The molecule has 0 aliphatic rings. The van der Waals surface area contributed by atoms with Crippen LogP contribution in [-0.4, -0.2) is 65.1 Å². The molecule has 0 saturated carbocycles. The summed E-state index contributed by atoms with van der Waals surface area (Å²) in [6, 6.07) is 1.00. The molecule has 0 saturated heterocycles. The summed E-state index contributed by atoms with van der Waals surface area (Å²) in [4.78, 5) is 0. The monoisotopic (exact) mass is 424 g/mol. The predicted octanol–water partition coefficient (Wildman–Crippen LogP) is 4.54. The molecule has 1 unspecified atom stereocenters. The normalized spacial score (nSPS) is 14.2. The molecule has 0 amide bonds. The summed E-state index contributed by atoms with van der Waals surface area (Å²) in [6.07, 6.45) is 3.11. The van der Waals surface area contributed by atoms with Gasteiger partial charge in [0.15, 0.2) is 16.6 Å². The van der Waals surface area contributed by atoms with Crippen LogP contribution in [0.3, 0.4) is 0 Å². The fraction of sp³-hybridized carbons (Fsp3) is 1.00. The van der Waals surface area contributed by atoms with E-state index in [0.717, 1.165) is 45.1 Å². The maximum Gasteiger partial charge on any atom is 0.321 e. The minimum atomic E-state index is -1.61. The maximum atomic E-state index is 6.24. The molecule has 0 aromatic rings. The van der Waals surface area contributed by atoms with Crippen molar-refractivity contribution in [3.8, 4) is 0 Å². The molecule has 0 aromatic heterocycles. The Kier molecular flexibility index (Phi) is 14.7. The van der Waals surface area contributed by atoms with Crippen LogP contribution in [0.15, 0.2) is 0 Å². The third kappa shape index (κ3) is 17.8. The van der Waals surface area contributed by atoms with Gasteiger partial charge in [0, 0.05) is 19.8 Å². The highest BCUT2D eigenvalue weighted by atomic mass is 28.4. The summed E-state index contributed by atoms with van der Waals surface area (Å²) >= 11 is 0. The molecule has 0 rings (SSSR count). The lowest BCUT2D eigenvalue weighted by molar-refractivity contribution is 0.0200. The minimum Gasteiger partial charge on any atom is -0.415 e. The Balaban J connectivity index is 4.17. The van der Waals surface area contributed by atoms with Gasteiger partial charge >= 0.3 is 9.28 Å². The van der Waals surface area contributed by atoms with Crippen molar-refractivity contribution in [3.63, 3.8) is 0 Å². The molecule has 26 heavy (non-hydrogen) atoms. The first-order valence-electron chi connectivity index (χ1n) is 10.2. The molecule has 5 nitrogen and oxygen atoms in total. The fourth-order valence-corrected chi connectivity index (χ4v) is 5.99. The second kappa shape index (κ2) is 14.4. The van der Waals surface area contributed by atoms with E-state index >= 15 is 0 Å². The van der Waals surface area contributed by atoms with Crippen LogP contribution in [0.2, 0.25) is 45.3 Å². The molecular weight excluding hydrogens is 380 g/mol. The molecule has 0 N–H and O–H groups in total. The molecule has 0 aliphatic heterocycles. The van der Waals surface area contributed by atoms with Crippen LogP contribution in [0.4, 0.5) is 0 Å². The molecular formula is C18H44O5Si3. The van der Waals surface area contributed by atoms with Gasteiger partial charge in [-0.25, -0.2) is 0 Å². The highest BCUT2D eigenvalue weighted by Crippen LogP contribution is 2.12. The molecule has 0 radical (unpaired) electrons. The predicted molar refractivity (Wildman–Crippen MR) is 117 cm³/mol. The van der Waals surface area contributed by atoms with E-state index in [4.69, 9.17) is 22.4 Å². The standard InChI is InChI=1S/C18H44O5Si3/c1-9-12-20-24(21-13-10-2)15-11-14-19-16-18(23-26(6,7)8)17-22-25(3,4)5/h18,24H,9-17H2,1-8H3. The maximum absolute atomic E-state index is 6.24. The van der Waals surface area contributed by atoms with Crippen molar-refractivity contribution in [2.24, 2.45) is 0 Å². The van der Waals surface area contributed by atoms with Crippen molar-refractivity contribution in [2.75, 3.05) is 33.0 Å². The quantitative estimate of drug-likeness (QED) is 0.253. The third-order valence-electron chi connectivity index (χ3n) is 3.27. The third-order valence-corrected chi connectivity index (χ3v) is 7.44. The Labute approximate surface area is 166 Å². The van der Waals surface area contributed by atoms with E-state index in [2.05, 4.69) is 53.1 Å². The molecule has 0 aromatic carbocycles. The van der Waals surface area contributed by atoms with E-state index in [-0.39, 0.29) is 6.10 Å². The highest BCUT2D eigenvalue weighted by molar-refractivity contribution is 6.70. The van der Waals surface area contributed by atoms with Crippen molar-refractivity contribution in [2.45, 2.75) is 84.5 Å². The lowest BCUT2D eigenvalue weighted by Gasteiger charge is -2.29. The van der Waals surface area contributed by atoms with Gasteiger partial charge < -0.3 is 22.4 Å². The first-order chi connectivity index (χ1) is 12.1. The van der Waals surface area contributed by atoms with E-state index in [1.54, 1.807) is 0 Å². The van der Waals surface area contributed by atoms with Crippen molar-refractivity contribution >= 4 is 25.9 Å². The van der Waals surface area contributed by atoms with Crippen molar-refractivity contribution in [3.05, 3.63) is 0 Å². The van der Waals surface area contributed by atoms with Crippen molar-refractivity contribution in [1.82, 2.24) is 0 Å². The molecule has 0 aliphatic carbocycles. The van der Waals surface area contributed by atoms with Crippen LogP contribution < -0.4 is 0 Å². The van der Waals surface area contributed by atoms with E-state index in [0.29, 0.717) is 13.2 Å². The van der Waals surface area contributed by atoms with Crippen LogP contribution in [0.25, 0.3) is 0 Å². The van der Waals surface area contributed by atoms with Gasteiger partial charge in [-0.15, -0.1) is 0 Å². The highest BCUT2D eigenvalue weighted by Gasteiger charge is 2.24. The van der Waals surface area contributed by atoms with Gasteiger partial charge in [-0.1, -0.05) is 13.8 Å². The average Bonchev–Trinajstić information content (AvgIpc) is 2.51. The smallest absolute Gasteiger partial charge is 0.321 e. The topological polar surface area (TPSA) is 46.2 Å². The summed E-state index contributed by atoms with van der Waals surface area (Å²) in [5.74, 6) is 0. The number of hydrogen-bond donors (Lipinski definition) is 0. The van der Waals surface area contributed by atoms with E-state index < -0.39 is 25.9 Å². The zero-order valence-electron chi connectivity index (χ0n) is 18.6. The van der Waals surface area contributed by atoms with Crippen LogP contribution in [0, 0.1) is 0 Å². The van der Waals surface area contributed by atoms with Gasteiger partial charge in [0.1, 0.15) is 0 Å². The molecule has 0 spiro atoms. The summed E-state index contributed by atoms with van der Waals surface area (Å²) in [5.41, 5.74) is 0. The van der Waals surface area contributed by atoms with Gasteiger partial charge in [-0.2, -0.15) is 0 Å².